The average Bonchev–Trinajstić information content (AvgIpc) is 2.31. The number of ether oxygens (including phenoxy) is 1. The molecule has 0 bridgehead atoms. The molecule has 6 nitrogen and oxygen atoms in total. The van der Waals surface area contributed by atoms with E-state index in [1.165, 1.54) is 12.1 Å². The molecule has 0 atom stereocenters. The van der Waals surface area contributed by atoms with Crippen molar-refractivity contribution in [3.63, 3.8) is 0 Å². The standard InChI is InChI=1S/C11H15FN2O4S/c1-2-18-11(15)5-6-19(16,17)14-10-4-3-8(13)7-9(10)12/h3-4,7,14H,2,5-6,13H2,1H3. The first-order valence-electron chi connectivity index (χ1n) is 5.55. The number of nitrogens with one attached hydrogen (secondary N) is 1. The number of hydrogen-bond acceptors (Lipinski definition) is 5. The third kappa shape index (κ3) is 5.12. The highest BCUT2D eigenvalue weighted by molar-refractivity contribution is 7.92. The fourth-order valence-corrected chi connectivity index (χ4v) is 2.32. The first-order chi connectivity index (χ1) is 8.84. The number of halogens is 1. The van der Waals surface area contributed by atoms with Crippen LogP contribution in [-0.4, -0.2) is 26.7 Å². The van der Waals surface area contributed by atoms with Crippen molar-refractivity contribution in [1.82, 2.24) is 0 Å². The lowest BCUT2D eigenvalue weighted by Crippen LogP contribution is -2.20. The number of carbonyl (C=O) groups excluding carboxylic acids is 1. The highest BCUT2D eigenvalue weighted by Gasteiger charge is 2.16. The molecule has 0 unspecified atom stereocenters. The largest absolute Gasteiger partial charge is 0.466 e. The highest BCUT2D eigenvalue weighted by Crippen LogP contribution is 2.18. The maximum Gasteiger partial charge on any atom is 0.306 e. The molecule has 3 N–H and O–H groups in total. The van der Waals surface area contributed by atoms with Crippen molar-refractivity contribution in [3.05, 3.63) is 24.0 Å². The Labute approximate surface area is 110 Å². The number of benzene rings is 1. The molecule has 0 fully saturated rings. The molecule has 1 aromatic carbocycles. The van der Waals surface area contributed by atoms with Crippen molar-refractivity contribution in [2.24, 2.45) is 0 Å². The third-order valence-corrected chi connectivity index (χ3v) is 3.41. The first-order valence-corrected chi connectivity index (χ1v) is 7.20. The Morgan fingerprint density at radius 3 is 2.74 bits per heavy atom. The molecular formula is C11H15FN2O4S. The smallest absolute Gasteiger partial charge is 0.306 e. The number of rotatable bonds is 6. The zero-order chi connectivity index (χ0) is 14.5. The minimum Gasteiger partial charge on any atom is -0.466 e. The molecule has 0 aliphatic rings. The Morgan fingerprint density at radius 2 is 2.16 bits per heavy atom. The SMILES string of the molecule is CCOC(=O)CCS(=O)(=O)Nc1ccc(N)cc1F. The van der Waals surface area contributed by atoms with E-state index in [4.69, 9.17) is 5.73 Å². The minimum absolute atomic E-state index is 0.179. The van der Waals surface area contributed by atoms with E-state index in [1.54, 1.807) is 6.92 Å². The number of sulfonamides is 1. The summed E-state index contributed by atoms with van der Waals surface area (Å²) in [6.07, 6.45) is -0.292. The van der Waals surface area contributed by atoms with Crippen molar-refractivity contribution < 1.29 is 22.3 Å². The molecule has 0 aliphatic heterocycles. The van der Waals surface area contributed by atoms with Gasteiger partial charge in [-0.2, -0.15) is 0 Å². The van der Waals surface area contributed by atoms with Gasteiger partial charge in [-0.3, -0.25) is 9.52 Å². The molecule has 1 rings (SSSR count). The Kier molecular flexibility index (Phi) is 5.11. The monoisotopic (exact) mass is 290 g/mol. The normalized spacial score (nSPS) is 11.1. The lowest BCUT2D eigenvalue weighted by molar-refractivity contribution is -0.142. The molecule has 1 aromatic rings. The van der Waals surface area contributed by atoms with Gasteiger partial charge in [0, 0.05) is 5.69 Å². The molecule has 0 aromatic heterocycles. The van der Waals surface area contributed by atoms with Gasteiger partial charge in [0.1, 0.15) is 5.82 Å². The van der Waals surface area contributed by atoms with Crippen LogP contribution in [0.2, 0.25) is 0 Å². The number of anilines is 2. The first kappa shape index (κ1) is 15.2. The fraction of sp³-hybridized carbons (Fsp3) is 0.364. The summed E-state index contributed by atoms with van der Waals surface area (Å²) in [5.74, 6) is -1.87. The fourth-order valence-electron chi connectivity index (χ4n) is 1.28. The van der Waals surface area contributed by atoms with Gasteiger partial charge < -0.3 is 10.5 Å². The Morgan fingerprint density at radius 1 is 1.47 bits per heavy atom. The second-order valence-electron chi connectivity index (χ2n) is 3.72. The molecular weight excluding hydrogens is 275 g/mol. The van der Waals surface area contributed by atoms with Crippen LogP contribution in [-0.2, 0) is 19.6 Å². The van der Waals surface area contributed by atoms with Crippen LogP contribution in [0.15, 0.2) is 18.2 Å². The van der Waals surface area contributed by atoms with Crippen molar-refractivity contribution in [3.8, 4) is 0 Å². The number of nitrogen functional groups attached to an aromatic ring is 1. The highest BCUT2D eigenvalue weighted by atomic mass is 32.2. The molecule has 106 valence electrons. The Bertz CT molecular complexity index is 560. The Balaban J connectivity index is 2.66. The van der Waals surface area contributed by atoms with Crippen molar-refractivity contribution in [2.75, 3.05) is 22.8 Å². The minimum atomic E-state index is -3.82. The van der Waals surface area contributed by atoms with Gasteiger partial charge in [0.05, 0.1) is 24.5 Å². The summed E-state index contributed by atoms with van der Waals surface area (Å²) in [4.78, 5) is 11.0. The predicted molar refractivity (Wildman–Crippen MR) is 69.5 cm³/mol. The van der Waals surface area contributed by atoms with E-state index < -0.39 is 27.6 Å². The van der Waals surface area contributed by atoms with E-state index >= 15 is 0 Å². The second-order valence-corrected chi connectivity index (χ2v) is 5.56. The summed E-state index contributed by atoms with van der Waals surface area (Å²) in [6.45, 7) is 1.80. The second kappa shape index (κ2) is 6.37. The molecule has 0 aliphatic carbocycles. The van der Waals surface area contributed by atoms with E-state index in [0.29, 0.717) is 0 Å². The van der Waals surface area contributed by atoms with Gasteiger partial charge in [-0.25, -0.2) is 12.8 Å². The number of esters is 1. The van der Waals surface area contributed by atoms with E-state index in [1.807, 2.05) is 4.72 Å². The molecule has 0 radical (unpaired) electrons. The van der Waals surface area contributed by atoms with Gasteiger partial charge in [0.15, 0.2) is 0 Å². The third-order valence-electron chi connectivity index (χ3n) is 2.14. The molecule has 8 heteroatoms. The Hall–Kier alpha value is -1.83. The molecule has 0 amide bonds. The maximum absolute atomic E-state index is 13.4. The lowest BCUT2D eigenvalue weighted by atomic mass is 10.3. The van der Waals surface area contributed by atoms with Gasteiger partial charge in [-0.05, 0) is 25.1 Å². The van der Waals surface area contributed by atoms with Crippen LogP contribution in [0.1, 0.15) is 13.3 Å². The van der Waals surface area contributed by atoms with Gasteiger partial charge >= 0.3 is 5.97 Å². The van der Waals surface area contributed by atoms with E-state index in [-0.39, 0.29) is 24.4 Å². The van der Waals surface area contributed by atoms with E-state index in [9.17, 15) is 17.6 Å². The van der Waals surface area contributed by atoms with Crippen LogP contribution >= 0.6 is 0 Å². The number of nitrogens with two attached hydrogens (primary N) is 1. The number of hydrogen-bond donors (Lipinski definition) is 2. The number of carbonyl (C=O) groups is 1. The van der Waals surface area contributed by atoms with Crippen LogP contribution in [0.4, 0.5) is 15.8 Å². The lowest BCUT2D eigenvalue weighted by Gasteiger charge is -2.09. The quantitative estimate of drug-likeness (QED) is 0.604. The van der Waals surface area contributed by atoms with Crippen LogP contribution in [0, 0.1) is 5.82 Å². The zero-order valence-electron chi connectivity index (χ0n) is 10.3. The maximum atomic E-state index is 13.4. The summed E-state index contributed by atoms with van der Waals surface area (Å²) >= 11 is 0. The summed E-state index contributed by atoms with van der Waals surface area (Å²) in [5, 5.41) is 0. The van der Waals surface area contributed by atoms with E-state index in [2.05, 4.69) is 4.74 Å². The summed E-state index contributed by atoms with van der Waals surface area (Å²) in [5.41, 5.74) is 5.32. The molecule has 0 spiro atoms. The zero-order valence-corrected chi connectivity index (χ0v) is 11.2. The van der Waals surface area contributed by atoms with Crippen molar-refractivity contribution >= 4 is 27.4 Å². The summed E-state index contributed by atoms with van der Waals surface area (Å²) in [7, 11) is -3.82. The topological polar surface area (TPSA) is 98.5 Å². The van der Waals surface area contributed by atoms with Crippen LogP contribution < -0.4 is 10.5 Å². The van der Waals surface area contributed by atoms with E-state index in [0.717, 1.165) is 6.07 Å². The summed E-state index contributed by atoms with van der Waals surface area (Å²) in [6, 6.07) is 3.59. The van der Waals surface area contributed by atoms with Crippen LogP contribution in [0.5, 0.6) is 0 Å². The molecule has 0 saturated heterocycles. The van der Waals surface area contributed by atoms with Crippen molar-refractivity contribution in [2.45, 2.75) is 13.3 Å². The summed E-state index contributed by atoms with van der Waals surface area (Å²) < 4.78 is 43.3. The van der Waals surface area contributed by atoms with Crippen molar-refractivity contribution in [1.29, 1.82) is 0 Å². The molecule has 0 saturated carbocycles. The molecule has 19 heavy (non-hydrogen) atoms. The van der Waals surface area contributed by atoms with Gasteiger partial charge in [0.25, 0.3) is 0 Å². The predicted octanol–water partition coefficient (Wildman–Crippen LogP) is 1.10. The van der Waals surface area contributed by atoms with Crippen LogP contribution in [0.3, 0.4) is 0 Å². The molecule has 0 heterocycles. The van der Waals surface area contributed by atoms with Gasteiger partial charge in [0.2, 0.25) is 10.0 Å². The average molecular weight is 290 g/mol. The van der Waals surface area contributed by atoms with Gasteiger partial charge in [-0.1, -0.05) is 0 Å². The van der Waals surface area contributed by atoms with Gasteiger partial charge in [-0.15, -0.1) is 0 Å². The van der Waals surface area contributed by atoms with Crippen LogP contribution in [0.25, 0.3) is 0 Å².